The fourth-order valence-electron chi connectivity index (χ4n) is 4.73. The molecular formula is C30H25BrClN3O6S. The van der Waals surface area contributed by atoms with E-state index in [2.05, 4.69) is 34.8 Å². The van der Waals surface area contributed by atoms with Crippen LogP contribution in [-0.4, -0.2) is 22.1 Å². The Morgan fingerprint density at radius 3 is 2.62 bits per heavy atom. The standard InChI is InChI=1S/C30H25BrClN3O6S/c1-5-40-29(37)25-16(4)33-30-34(27(25)18-8-6-17(7-9-18)15(2)3)28(36)24(42-30)14-20-10-11-23(41-20)19-12-21(32)26(31)22(13-19)35(38)39/h6-15,27H,5H2,1-4H3/b24-14-/t27-/m0/s1. The normalized spacial score (nSPS) is 15.1. The van der Waals surface area contributed by atoms with Gasteiger partial charge in [0.1, 0.15) is 16.0 Å². The number of hydrogen-bond donors (Lipinski definition) is 0. The quantitative estimate of drug-likeness (QED) is 0.126. The van der Waals surface area contributed by atoms with Gasteiger partial charge in [-0.05, 0) is 65.0 Å². The molecule has 216 valence electrons. The number of rotatable bonds is 7. The monoisotopic (exact) mass is 669 g/mol. The maximum absolute atomic E-state index is 13.9. The number of nitrogens with zero attached hydrogens (tertiary/aromatic N) is 3. The molecule has 3 heterocycles. The molecule has 1 aliphatic heterocycles. The number of aromatic nitrogens is 1. The van der Waals surface area contributed by atoms with Gasteiger partial charge in [-0.25, -0.2) is 9.79 Å². The SMILES string of the molecule is CCOC(=O)C1=C(C)N=c2s/c(=C\c3ccc(-c4cc(Cl)c(Br)c([N+](=O)[O-])c4)o3)c(=O)n2[C@H]1c1ccc(C(C)C)cc1. The molecular weight excluding hydrogens is 646 g/mol. The van der Waals surface area contributed by atoms with E-state index < -0.39 is 16.9 Å². The molecule has 1 aliphatic rings. The summed E-state index contributed by atoms with van der Waals surface area (Å²) in [7, 11) is 0. The minimum absolute atomic E-state index is 0.166. The second kappa shape index (κ2) is 11.8. The molecule has 4 aromatic rings. The average molecular weight is 671 g/mol. The summed E-state index contributed by atoms with van der Waals surface area (Å²) in [5, 5.41) is 11.6. The highest BCUT2D eigenvalue weighted by Crippen LogP contribution is 2.37. The summed E-state index contributed by atoms with van der Waals surface area (Å²) >= 11 is 10.5. The Labute approximate surface area is 257 Å². The molecule has 0 spiro atoms. The Morgan fingerprint density at radius 2 is 1.98 bits per heavy atom. The smallest absolute Gasteiger partial charge is 0.338 e. The number of nitro groups is 1. The Kier molecular flexibility index (Phi) is 8.36. The first kappa shape index (κ1) is 29.7. The molecule has 0 unspecified atom stereocenters. The highest BCUT2D eigenvalue weighted by atomic mass is 79.9. The molecule has 0 saturated carbocycles. The van der Waals surface area contributed by atoms with Crippen LogP contribution in [0.4, 0.5) is 5.69 Å². The van der Waals surface area contributed by atoms with Gasteiger partial charge in [0.25, 0.3) is 11.2 Å². The summed E-state index contributed by atoms with van der Waals surface area (Å²) in [4.78, 5) is 42.9. The predicted molar refractivity (Wildman–Crippen MR) is 164 cm³/mol. The van der Waals surface area contributed by atoms with Crippen LogP contribution in [0, 0.1) is 10.1 Å². The zero-order valence-electron chi connectivity index (χ0n) is 23.0. The number of nitro benzene ring substituents is 1. The van der Waals surface area contributed by atoms with Gasteiger partial charge >= 0.3 is 5.97 Å². The number of carbonyl (C=O) groups is 1. The maximum Gasteiger partial charge on any atom is 0.338 e. The number of halogens is 2. The third-order valence-electron chi connectivity index (χ3n) is 6.83. The van der Waals surface area contributed by atoms with Crippen LogP contribution in [0.2, 0.25) is 5.02 Å². The number of fused-ring (bicyclic) bond motifs is 1. The number of thiazole rings is 1. The van der Waals surface area contributed by atoms with Crippen molar-refractivity contribution >= 4 is 56.6 Å². The van der Waals surface area contributed by atoms with Gasteiger partial charge < -0.3 is 9.15 Å². The van der Waals surface area contributed by atoms with Crippen molar-refractivity contribution in [2.45, 2.75) is 39.7 Å². The molecule has 9 nitrogen and oxygen atoms in total. The van der Waals surface area contributed by atoms with Crippen LogP contribution in [0.3, 0.4) is 0 Å². The van der Waals surface area contributed by atoms with Crippen LogP contribution in [0.25, 0.3) is 17.4 Å². The molecule has 5 rings (SSSR count). The summed E-state index contributed by atoms with van der Waals surface area (Å²) in [6, 6.07) is 13.3. The first-order valence-corrected chi connectivity index (χ1v) is 15.0. The summed E-state index contributed by atoms with van der Waals surface area (Å²) < 4.78 is 13.3. The largest absolute Gasteiger partial charge is 0.463 e. The van der Waals surface area contributed by atoms with Crippen LogP contribution in [0.15, 0.2) is 78.5 Å². The van der Waals surface area contributed by atoms with Crippen molar-refractivity contribution in [1.29, 1.82) is 0 Å². The summed E-state index contributed by atoms with van der Waals surface area (Å²) in [5.41, 5.74) is 2.56. The third kappa shape index (κ3) is 5.51. The average Bonchev–Trinajstić information content (AvgIpc) is 3.53. The zero-order chi connectivity index (χ0) is 30.3. The molecule has 0 saturated heterocycles. The van der Waals surface area contributed by atoms with Crippen molar-refractivity contribution < 1.29 is 18.9 Å². The third-order valence-corrected chi connectivity index (χ3v) is 9.17. The number of ether oxygens (including phenoxy) is 1. The molecule has 2 aromatic heterocycles. The summed E-state index contributed by atoms with van der Waals surface area (Å²) in [6.45, 7) is 7.85. The molecule has 0 aliphatic carbocycles. The molecule has 0 bridgehead atoms. The van der Waals surface area contributed by atoms with E-state index in [1.807, 2.05) is 24.3 Å². The lowest BCUT2D eigenvalue weighted by atomic mass is 9.93. The van der Waals surface area contributed by atoms with Gasteiger partial charge in [-0.15, -0.1) is 0 Å². The number of benzene rings is 2. The fourth-order valence-corrected chi connectivity index (χ4v) is 6.35. The Bertz CT molecular complexity index is 1940. The maximum atomic E-state index is 13.9. The van der Waals surface area contributed by atoms with Gasteiger partial charge in [0.15, 0.2) is 4.80 Å². The van der Waals surface area contributed by atoms with Crippen LogP contribution in [0.5, 0.6) is 0 Å². The van der Waals surface area contributed by atoms with Crippen molar-refractivity contribution in [1.82, 2.24) is 4.57 Å². The van der Waals surface area contributed by atoms with Crippen LogP contribution < -0.4 is 14.9 Å². The summed E-state index contributed by atoms with van der Waals surface area (Å²) in [6.07, 6.45) is 1.59. The summed E-state index contributed by atoms with van der Waals surface area (Å²) in [5.74, 6) is 0.496. The number of carbonyl (C=O) groups excluding carboxylic acids is 1. The Morgan fingerprint density at radius 1 is 1.26 bits per heavy atom. The molecule has 2 aromatic carbocycles. The highest BCUT2D eigenvalue weighted by molar-refractivity contribution is 9.10. The lowest BCUT2D eigenvalue weighted by molar-refractivity contribution is -0.385. The molecule has 1 atom stereocenters. The second-order valence-electron chi connectivity index (χ2n) is 9.87. The van der Waals surface area contributed by atoms with Crippen molar-refractivity contribution in [3.63, 3.8) is 0 Å². The number of esters is 1. The first-order valence-electron chi connectivity index (χ1n) is 13.0. The molecule has 42 heavy (non-hydrogen) atoms. The van der Waals surface area contributed by atoms with E-state index in [9.17, 15) is 19.7 Å². The second-order valence-corrected chi connectivity index (χ2v) is 12.1. The zero-order valence-corrected chi connectivity index (χ0v) is 26.2. The molecule has 0 fully saturated rings. The van der Waals surface area contributed by atoms with E-state index in [0.29, 0.717) is 43.6 Å². The van der Waals surface area contributed by atoms with Crippen LogP contribution >= 0.6 is 38.9 Å². The van der Waals surface area contributed by atoms with Gasteiger partial charge in [-0.1, -0.05) is 61.1 Å². The van der Waals surface area contributed by atoms with E-state index in [0.717, 1.165) is 11.1 Å². The first-order chi connectivity index (χ1) is 20.0. The number of furan rings is 1. The van der Waals surface area contributed by atoms with Crippen LogP contribution in [-0.2, 0) is 9.53 Å². The van der Waals surface area contributed by atoms with E-state index >= 15 is 0 Å². The van der Waals surface area contributed by atoms with Crippen molar-refractivity contribution in [2.75, 3.05) is 6.61 Å². The Hall–Kier alpha value is -3.80. The fraction of sp³-hybridized carbons (Fsp3) is 0.233. The highest BCUT2D eigenvalue weighted by Gasteiger charge is 2.33. The topological polar surface area (TPSA) is 117 Å². The van der Waals surface area contributed by atoms with Crippen molar-refractivity contribution in [2.24, 2.45) is 4.99 Å². The van der Waals surface area contributed by atoms with Crippen molar-refractivity contribution in [3.8, 4) is 11.3 Å². The molecule has 0 radical (unpaired) electrons. The van der Waals surface area contributed by atoms with Gasteiger partial charge in [0.2, 0.25) is 0 Å². The van der Waals surface area contributed by atoms with Crippen molar-refractivity contribution in [3.05, 3.63) is 116 Å². The van der Waals surface area contributed by atoms with Gasteiger partial charge in [0, 0.05) is 17.7 Å². The van der Waals surface area contributed by atoms with E-state index in [4.69, 9.17) is 20.8 Å². The molecule has 0 amide bonds. The van der Waals surface area contributed by atoms with Gasteiger partial charge in [0.05, 0.1) is 38.4 Å². The van der Waals surface area contributed by atoms with E-state index in [1.54, 1.807) is 38.1 Å². The Balaban J connectivity index is 1.62. The van der Waals surface area contributed by atoms with Crippen LogP contribution in [0.1, 0.15) is 56.5 Å². The van der Waals surface area contributed by atoms with E-state index in [1.165, 1.54) is 22.0 Å². The van der Waals surface area contributed by atoms with E-state index in [-0.39, 0.29) is 27.3 Å². The number of allylic oxidation sites excluding steroid dienone is 1. The number of hydrogen-bond acceptors (Lipinski definition) is 8. The molecule has 0 N–H and O–H groups in total. The molecule has 12 heteroatoms. The lowest BCUT2D eigenvalue weighted by Gasteiger charge is -2.25. The minimum Gasteiger partial charge on any atom is -0.463 e. The predicted octanol–water partition coefficient (Wildman–Crippen LogP) is 6.51. The van der Waals surface area contributed by atoms with Gasteiger partial charge in [-0.3, -0.25) is 19.5 Å². The van der Waals surface area contributed by atoms with Gasteiger partial charge in [-0.2, -0.15) is 0 Å². The minimum atomic E-state index is -0.721. The lowest BCUT2D eigenvalue weighted by Crippen LogP contribution is -2.39.